The smallest absolute Gasteiger partial charge is 0.126 e. The molecule has 0 bridgehead atoms. The summed E-state index contributed by atoms with van der Waals surface area (Å²) >= 11 is 6.14. The summed E-state index contributed by atoms with van der Waals surface area (Å²) in [5.41, 5.74) is 3.99. The normalized spacial score (nSPS) is 11.0. The molecule has 1 aromatic heterocycles. The predicted molar refractivity (Wildman–Crippen MR) is 113 cm³/mol. The molecule has 5 heteroatoms. The van der Waals surface area contributed by atoms with Gasteiger partial charge in [-0.05, 0) is 67.3 Å². The van der Waals surface area contributed by atoms with E-state index in [9.17, 15) is 5.11 Å². The number of ether oxygens (including phenoxy) is 1. The Balaban J connectivity index is 0.00000261. The minimum Gasteiger partial charge on any atom is -0.496 e. The van der Waals surface area contributed by atoms with Crippen molar-refractivity contribution in [2.24, 2.45) is 0 Å². The zero-order chi connectivity index (χ0) is 18.7. The van der Waals surface area contributed by atoms with Crippen LogP contribution in [0.2, 0.25) is 5.02 Å². The van der Waals surface area contributed by atoms with Gasteiger partial charge in [-0.2, -0.15) is 0 Å². The number of nitrogens with zero attached hydrogens (tertiary/aromatic N) is 1. The van der Waals surface area contributed by atoms with Crippen LogP contribution in [0.4, 0.5) is 0 Å². The third-order valence-corrected chi connectivity index (χ3v) is 4.49. The average Bonchev–Trinajstić information content (AvgIpc) is 2.61. The molecule has 0 amide bonds. The van der Waals surface area contributed by atoms with Crippen LogP contribution in [0.3, 0.4) is 0 Å². The van der Waals surface area contributed by atoms with Gasteiger partial charge < -0.3 is 9.84 Å². The van der Waals surface area contributed by atoms with E-state index >= 15 is 0 Å². The number of aromatic nitrogens is 1. The quantitative estimate of drug-likeness (QED) is 0.598. The maximum Gasteiger partial charge on any atom is 0.126 e. The van der Waals surface area contributed by atoms with Gasteiger partial charge in [0.25, 0.3) is 0 Å². The van der Waals surface area contributed by atoms with Crippen molar-refractivity contribution in [3.8, 4) is 16.9 Å². The summed E-state index contributed by atoms with van der Waals surface area (Å²) in [7, 11) is 1.67. The van der Waals surface area contributed by atoms with Crippen molar-refractivity contribution in [2.45, 2.75) is 25.9 Å². The highest BCUT2D eigenvalue weighted by Crippen LogP contribution is 2.33. The van der Waals surface area contributed by atoms with Crippen LogP contribution in [0.15, 0.2) is 60.8 Å². The van der Waals surface area contributed by atoms with E-state index in [2.05, 4.69) is 17.1 Å². The first-order valence-electron chi connectivity index (χ1n) is 8.47. The van der Waals surface area contributed by atoms with E-state index in [1.54, 1.807) is 21.0 Å². The molecule has 0 saturated heterocycles. The number of aliphatic hydroxyl groups is 1. The lowest BCUT2D eigenvalue weighted by Gasteiger charge is -2.16. The monoisotopic (exact) mass is 403 g/mol. The largest absolute Gasteiger partial charge is 0.496 e. The first-order chi connectivity index (χ1) is 12.4. The lowest BCUT2D eigenvalue weighted by molar-refractivity contribution is 0.0738. The minimum atomic E-state index is -0.932. The van der Waals surface area contributed by atoms with Crippen LogP contribution in [0.5, 0.6) is 5.75 Å². The molecule has 0 atom stereocenters. The van der Waals surface area contributed by atoms with Crippen molar-refractivity contribution in [1.82, 2.24) is 4.98 Å². The van der Waals surface area contributed by atoms with Gasteiger partial charge in [-0.1, -0.05) is 35.9 Å². The zero-order valence-corrected chi connectivity index (χ0v) is 17.1. The summed E-state index contributed by atoms with van der Waals surface area (Å²) < 4.78 is 5.51. The molecule has 0 saturated carbocycles. The highest BCUT2D eigenvalue weighted by molar-refractivity contribution is 6.30. The molecule has 3 nitrogen and oxygen atoms in total. The van der Waals surface area contributed by atoms with E-state index in [1.165, 1.54) is 0 Å². The second kappa shape index (κ2) is 8.75. The molecule has 142 valence electrons. The number of benzene rings is 2. The van der Waals surface area contributed by atoms with Gasteiger partial charge in [-0.25, -0.2) is 0 Å². The Labute approximate surface area is 171 Å². The molecular formula is C22H23Cl2NO2. The van der Waals surface area contributed by atoms with E-state index in [1.807, 2.05) is 48.7 Å². The van der Waals surface area contributed by atoms with Crippen LogP contribution in [-0.4, -0.2) is 17.2 Å². The molecule has 2 aromatic carbocycles. The van der Waals surface area contributed by atoms with Crippen LogP contribution in [0.1, 0.15) is 30.7 Å². The molecule has 0 unspecified atom stereocenters. The van der Waals surface area contributed by atoms with E-state index in [-0.39, 0.29) is 12.4 Å². The molecule has 27 heavy (non-hydrogen) atoms. The highest BCUT2D eigenvalue weighted by Gasteiger charge is 2.17. The fourth-order valence-corrected chi connectivity index (χ4v) is 3.06. The summed E-state index contributed by atoms with van der Waals surface area (Å²) in [6.45, 7) is 3.46. The number of pyridine rings is 1. The van der Waals surface area contributed by atoms with Gasteiger partial charge in [0.1, 0.15) is 11.4 Å². The van der Waals surface area contributed by atoms with Gasteiger partial charge in [0.2, 0.25) is 0 Å². The van der Waals surface area contributed by atoms with E-state index in [0.717, 1.165) is 34.4 Å². The lowest BCUT2D eigenvalue weighted by Crippen LogP contribution is -2.17. The number of rotatable bonds is 5. The molecule has 0 spiro atoms. The SMILES string of the molecule is COc1ccc(Cc2ccc(C(C)(C)O)nc2)cc1-c1cccc(Cl)c1.Cl. The first kappa shape index (κ1) is 21.2. The van der Waals surface area contributed by atoms with E-state index in [0.29, 0.717) is 10.7 Å². The molecule has 0 aliphatic rings. The maximum absolute atomic E-state index is 10.0. The molecule has 3 aromatic rings. The van der Waals surface area contributed by atoms with Crippen molar-refractivity contribution in [1.29, 1.82) is 0 Å². The number of halogens is 2. The zero-order valence-electron chi connectivity index (χ0n) is 15.6. The van der Waals surface area contributed by atoms with Crippen molar-refractivity contribution in [3.63, 3.8) is 0 Å². The maximum atomic E-state index is 10.0. The molecular weight excluding hydrogens is 381 g/mol. The standard InChI is InChI=1S/C22H22ClNO2.ClH/c1-22(2,25)21-10-8-16(14-24-21)11-15-7-9-20(26-3)19(12-15)17-5-4-6-18(23)13-17;/h4-10,12-14,25H,11H2,1-3H3;1H. The van der Waals surface area contributed by atoms with Crippen molar-refractivity contribution in [2.75, 3.05) is 7.11 Å². The molecule has 0 fully saturated rings. The summed E-state index contributed by atoms with van der Waals surface area (Å²) in [4.78, 5) is 4.38. The first-order valence-corrected chi connectivity index (χ1v) is 8.85. The summed E-state index contributed by atoms with van der Waals surface area (Å²) in [6, 6.07) is 17.8. The van der Waals surface area contributed by atoms with Crippen LogP contribution >= 0.6 is 24.0 Å². The van der Waals surface area contributed by atoms with Crippen molar-refractivity contribution >= 4 is 24.0 Å². The molecule has 3 rings (SSSR count). The Morgan fingerprint density at radius 3 is 2.37 bits per heavy atom. The van der Waals surface area contributed by atoms with Crippen LogP contribution in [0, 0.1) is 0 Å². The van der Waals surface area contributed by atoms with E-state index in [4.69, 9.17) is 16.3 Å². The van der Waals surface area contributed by atoms with Crippen LogP contribution in [0.25, 0.3) is 11.1 Å². The van der Waals surface area contributed by atoms with Gasteiger partial charge in [0.15, 0.2) is 0 Å². The fraction of sp³-hybridized carbons (Fsp3) is 0.227. The molecule has 1 heterocycles. The third-order valence-electron chi connectivity index (χ3n) is 4.26. The minimum absolute atomic E-state index is 0. The van der Waals surface area contributed by atoms with Crippen molar-refractivity contribution in [3.05, 3.63) is 82.6 Å². The van der Waals surface area contributed by atoms with Gasteiger partial charge in [-0.3, -0.25) is 4.98 Å². The van der Waals surface area contributed by atoms with Crippen LogP contribution in [-0.2, 0) is 12.0 Å². The number of hydrogen-bond acceptors (Lipinski definition) is 3. The van der Waals surface area contributed by atoms with Gasteiger partial charge >= 0.3 is 0 Å². The second-order valence-corrected chi connectivity index (χ2v) is 7.27. The highest BCUT2D eigenvalue weighted by atomic mass is 35.5. The Morgan fingerprint density at radius 2 is 1.78 bits per heavy atom. The Morgan fingerprint density at radius 1 is 1.04 bits per heavy atom. The van der Waals surface area contributed by atoms with Gasteiger partial charge in [0, 0.05) is 16.8 Å². The van der Waals surface area contributed by atoms with Crippen molar-refractivity contribution < 1.29 is 9.84 Å². The summed E-state index contributed by atoms with van der Waals surface area (Å²) in [5, 5.41) is 10.7. The van der Waals surface area contributed by atoms with Gasteiger partial charge in [-0.15, -0.1) is 12.4 Å². The topological polar surface area (TPSA) is 42.4 Å². The lowest BCUT2D eigenvalue weighted by atomic mass is 9.98. The summed E-state index contributed by atoms with van der Waals surface area (Å²) in [5.74, 6) is 0.812. The Hall–Kier alpha value is -2.07. The Kier molecular flexibility index (Phi) is 6.88. The van der Waals surface area contributed by atoms with Gasteiger partial charge in [0.05, 0.1) is 12.8 Å². The second-order valence-electron chi connectivity index (χ2n) is 6.83. The average molecular weight is 404 g/mol. The van der Waals surface area contributed by atoms with Crippen LogP contribution < -0.4 is 4.74 Å². The number of hydrogen-bond donors (Lipinski definition) is 1. The summed E-state index contributed by atoms with van der Waals surface area (Å²) in [6.07, 6.45) is 2.56. The molecule has 1 N–H and O–H groups in total. The molecule has 0 aliphatic carbocycles. The fourth-order valence-electron chi connectivity index (χ4n) is 2.87. The third kappa shape index (κ3) is 5.23. The predicted octanol–water partition coefficient (Wildman–Crippen LogP) is 5.65. The van der Waals surface area contributed by atoms with E-state index < -0.39 is 5.60 Å². The number of methoxy groups -OCH3 is 1. The molecule has 0 radical (unpaired) electrons. The Bertz CT molecular complexity index is 903. The molecule has 0 aliphatic heterocycles.